The third-order valence-electron chi connectivity index (χ3n) is 2.20. The van der Waals surface area contributed by atoms with Crippen molar-refractivity contribution in [1.82, 2.24) is 10.6 Å². The molecule has 0 aromatic carbocycles. The fourth-order valence-electron chi connectivity index (χ4n) is 1.18. The van der Waals surface area contributed by atoms with E-state index < -0.39 is 0 Å². The van der Waals surface area contributed by atoms with Crippen LogP contribution in [0.5, 0.6) is 0 Å². The van der Waals surface area contributed by atoms with Crippen molar-refractivity contribution in [3.63, 3.8) is 0 Å². The minimum Gasteiger partial charge on any atom is -0.378 e. The van der Waals surface area contributed by atoms with E-state index in [0.717, 1.165) is 13.1 Å². The molecule has 2 atom stereocenters. The number of ether oxygens (including phenoxy) is 1. The Balaban J connectivity index is 2.19. The maximum absolute atomic E-state index is 11.6. The summed E-state index contributed by atoms with van der Waals surface area (Å²) in [6.07, 6.45) is 2.04. The zero-order valence-electron chi connectivity index (χ0n) is 8.71. The van der Waals surface area contributed by atoms with Gasteiger partial charge in [-0.3, -0.25) is 4.79 Å². The molecule has 0 aromatic heterocycles. The van der Waals surface area contributed by atoms with Crippen LogP contribution >= 0.6 is 11.8 Å². The Bertz CT molecular complexity index is 184. The maximum Gasteiger partial charge on any atom is 0.239 e. The summed E-state index contributed by atoms with van der Waals surface area (Å²) in [6.45, 7) is 4.76. The van der Waals surface area contributed by atoms with Gasteiger partial charge in [0.25, 0.3) is 0 Å². The first-order valence-corrected chi connectivity index (χ1v) is 6.14. The highest BCUT2D eigenvalue weighted by atomic mass is 32.2. The van der Waals surface area contributed by atoms with Crippen LogP contribution in [0.4, 0.5) is 0 Å². The molecule has 2 N–H and O–H groups in total. The van der Waals surface area contributed by atoms with Crippen LogP contribution in [-0.2, 0) is 9.53 Å². The van der Waals surface area contributed by atoms with Gasteiger partial charge in [0.1, 0.15) is 6.04 Å². The lowest BCUT2D eigenvalue weighted by molar-refractivity contribution is -0.125. The second kappa shape index (κ2) is 6.27. The molecule has 0 radical (unpaired) electrons. The zero-order valence-corrected chi connectivity index (χ0v) is 9.52. The van der Waals surface area contributed by atoms with Crippen molar-refractivity contribution in [1.29, 1.82) is 0 Å². The molecule has 0 aromatic rings. The van der Waals surface area contributed by atoms with Gasteiger partial charge < -0.3 is 15.4 Å². The van der Waals surface area contributed by atoms with Gasteiger partial charge in [0.2, 0.25) is 5.91 Å². The Morgan fingerprint density at radius 1 is 1.79 bits per heavy atom. The molecule has 1 saturated heterocycles. The Hall–Kier alpha value is -0.260. The largest absolute Gasteiger partial charge is 0.378 e. The summed E-state index contributed by atoms with van der Waals surface area (Å²) in [5, 5.41) is 6.48. The molecule has 1 heterocycles. The number of amides is 1. The number of thioether (sulfide) groups is 1. The van der Waals surface area contributed by atoms with Crippen molar-refractivity contribution < 1.29 is 9.53 Å². The molecule has 0 spiro atoms. The number of hydrogen-bond acceptors (Lipinski definition) is 4. The van der Waals surface area contributed by atoms with Crippen LogP contribution in [0.2, 0.25) is 0 Å². The lowest BCUT2D eigenvalue weighted by Crippen LogP contribution is -2.51. The number of carbonyl (C=O) groups is 1. The van der Waals surface area contributed by atoms with Gasteiger partial charge in [-0.1, -0.05) is 6.92 Å². The molecule has 1 fully saturated rings. The molecule has 82 valence electrons. The summed E-state index contributed by atoms with van der Waals surface area (Å²) in [6, 6.07) is -0.169. The zero-order chi connectivity index (χ0) is 10.4. The van der Waals surface area contributed by atoms with Crippen molar-refractivity contribution in [2.45, 2.75) is 18.2 Å². The van der Waals surface area contributed by atoms with Gasteiger partial charge in [-0.25, -0.2) is 0 Å². The highest BCUT2D eigenvalue weighted by molar-refractivity contribution is 7.99. The number of rotatable bonds is 4. The van der Waals surface area contributed by atoms with Crippen LogP contribution < -0.4 is 10.6 Å². The maximum atomic E-state index is 11.6. The standard InChI is InChI=1S/C9H18N2O2S/c1-7(14-2)5-11-9(12)8-6-13-4-3-10-8/h7-8,10H,3-6H2,1-2H3,(H,11,12)/t7-,8-/m0/s1. The molecule has 1 aliphatic heterocycles. The first-order chi connectivity index (χ1) is 6.74. The lowest BCUT2D eigenvalue weighted by atomic mass is 10.2. The van der Waals surface area contributed by atoms with Crippen molar-refractivity contribution in [2.75, 3.05) is 32.6 Å². The van der Waals surface area contributed by atoms with E-state index in [2.05, 4.69) is 17.6 Å². The Labute approximate surface area is 89.2 Å². The van der Waals surface area contributed by atoms with Gasteiger partial charge in [-0.15, -0.1) is 0 Å². The van der Waals surface area contributed by atoms with E-state index in [4.69, 9.17) is 4.74 Å². The van der Waals surface area contributed by atoms with Gasteiger partial charge >= 0.3 is 0 Å². The van der Waals surface area contributed by atoms with E-state index in [9.17, 15) is 4.79 Å². The Kier molecular flexibility index (Phi) is 5.29. The lowest BCUT2D eigenvalue weighted by Gasteiger charge is -2.23. The predicted molar refractivity (Wildman–Crippen MR) is 58.6 cm³/mol. The molecule has 14 heavy (non-hydrogen) atoms. The first-order valence-electron chi connectivity index (χ1n) is 4.85. The van der Waals surface area contributed by atoms with Crippen molar-refractivity contribution in [3.8, 4) is 0 Å². The van der Waals surface area contributed by atoms with E-state index in [0.29, 0.717) is 18.5 Å². The van der Waals surface area contributed by atoms with Gasteiger partial charge in [0, 0.05) is 18.3 Å². The smallest absolute Gasteiger partial charge is 0.239 e. The van der Waals surface area contributed by atoms with E-state index in [1.165, 1.54) is 0 Å². The van der Waals surface area contributed by atoms with Gasteiger partial charge in [0.15, 0.2) is 0 Å². The van der Waals surface area contributed by atoms with Crippen LogP contribution in [0.1, 0.15) is 6.92 Å². The van der Waals surface area contributed by atoms with Crippen LogP contribution in [0.25, 0.3) is 0 Å². The number of nitrogens with one attached hydrogen (secondary N) is 2. The molecule has 1 rings (SSSR count). The van der Waals surface area contributed by atoms with E-state index in [1.807, 2.05) is 6.26 Å². The minimum absolute atomic E-state index is 0.0469. The SMILES string of the molecule is CS[C@@H](C)CNC(=O)[C@@H]1COCCN1. The molecule has 1 amide bonds. The summed E-state index contributed by atoms with van der Waals surface area (Å²) in [5.74, 6) is 0.0469. The molecule has 0 saturated carbocycles. The molecule has 1 aliphatic rings. The summed E-state index contributed by atoms with van der Waals surface area (Å²) in [5.41, 5.74) is 0. The van der Waals surface area contributed by atoms with Gasteiger partial charge in [-0.05, 0) is 6.26 Å². The molecule has 0 aliphatic carbocycles. The molecule has 4 nitrogen and oxygen atoms in total. The van der Waals surface area contributed by atoms with Crippen molar-refractivity contribution >= 4 is 17.7 Å². The van der Waals surface area contributed by atoms with Gasteiger partial charge in [-0.2, -0.15) is 11.8 Å². The quantitative estimate of drug-likeness (QED) is 0.688. The Morgan fingerprint density at radius 2 is 2.57 bits per heavy atom. The fourth-order valence-corrected chi connectivity index (χ4v) is 1.43. The van der Waals surface area contributed by atoms with Crippen LogP contribution in [0.3, 0.4) is 0 Å². The number of morpholine rings is 1. The minimum atomic E-state index is -0.169. The molecule has 0 bridgehead atoms. The summed E-state index contributed by atoms with van der Waals surface area (Å²) < 4.78 is 5.21. The van der Waals surface area contributed by atoms with E-state index >= 15 is 0 Å². The van der Waals surface area contributed by atoms with Crippen molar-refractivity contribution in [3.05, 3.63) is 0 Å². The van der Waals surface area contributed by atoms with Gasteiger partial charge in [0.05, 0.1) is 13.2 Å². The van der Waals surface area contributed by atoms with Crippen molar-refractivity contribution in [2.24, 2.45) is 0 Å². The van der Waals surface area contributed by atoms with E-state index in [1.54, 1.807) is 11.8 Å². The average Bonchev–Trinajstić information content (AvgIpc) is 2.26. The third-order valence-corrected chi connectivity index (χ3v) is 3.18. The van der Waals surface area contributed by atoms with E-state index in [-0.39, 0.29) is 11.9 Å². The summed E-state index contributed by atoms with van der Waals surface area (Å²) in [7, 11) is 0. The molecule has 0 unspecified atom stereocenters. The van der Waals surface area contributed by atoms with Crippen LogP contribution in [0.15, 0.2) is 0 Å². The summed E-state index contributed by atoms with van der Waals surface area (Å²) >= 11 is 1.75. The van der Waals surface area contributed by atoms with Crippen LogP contribution in [0, 0.1) is 0 Å². The Morgan fingerprint density at radius 3 is 3.14 bits per heavy atom. The second-order valence-electron chi connectivity index (χ2n) is 3.37. The monoisotopic (exact) mass is 218 g/mol. The summed E-state index contributed by atoms with van der Waals surface area (Å²) in [4.78, 5) is 11.6. The molecular formula is C9H18N2O2S. The number of hydrogen-bond donors (Lipinski definition) is 2. The third kappa shape index (κ3) is 3.86. The molecular weight excluding hydrogens is 200 g/mol. The van der Waals surface area contributed by atoms with Crippen LogP contribution in [-0.4, -0.2) is 49.8 Å². The second-order valence-corrected chi connectivity index (χ2v) is 4.65. The highest BCUT2D eigenvalue weighted by Gasteiger charge is 2.20. The highest BCUT2D eigenvalue weighted by Crippen LogP contribution is 2.02. The molecule has 5 heteroatoms. The predicted octanol–water partition coefficient (Wildman–Crippen LogP) is -0.157. The topological polar surface area (TPSA) is 50.4 Å². The first kappa shape index (κ1) is 11.8. The normalized spacial score (nSPS) is 24.3. The average molecular weight is 218 g/mol. The fraction of sp³-hybridized carbons (Fsp3) is 0.889. The number of carbonyl (C=O) groups excluding carboxylic acids is 1.